The van der Waals surface area contributed by atoms with Gasteiger partial charge in [0.1, 0.15) is 0 Å². The second-order valence-corrected chi connectivity index (χ2v) is 7.01. The molecule has 0 spiro atoms. The molecule has 8 nitrogen and oxygen atoms in total. The van der Waals surface area contributed by atoms with Crippen LogP contribution in [0.1, 0.15) is 21.7 Å². The fourth-order valence-corrected chi connectivity index (χ4v) is 3.45. The van der Waals surface area contributed by atoms with Gasteiger partial charge in [-0.3, -0.25) is 14.9 Å². The largest absolute Gasteiger partial charge is 0.336 e. The number of non-ortho nitro benzene ring substituents is 1. The van der Waals surface area contributed by atoms with E-state index >= 15 is 0 Å². The van der Waals surface area contributed by atoms with Gasteiger partial charge in [0.2, 0.25) is 0 Å². The second kappa shape index (κ2) is 7.75. The van der Waals surface area contributed by atoms with Crippen molar-refractivity contribution in [3.05, 3.63) is 93.8 Å². The normalized spacial score (nSPS) is 10.9. The van der Waals surface area contributed by atoms with Crippen LogP contribution in [0, 0.1) is 17.0 Å². The molecule has 1 amide bonds. The first-order valence-corrected chi connectivity index (χ1v) is 9.35. The summed E-state index contributed by atoms with van der Waals surface area (Å²) in [6.07, 6.45) is 0. The maximum absolute atomic E-state index is 13.0. The highest BCUT2D eigenvalue weighted by atomic mass is 16.6. The van der Waals surface area contributed by atoms with Gasteiger partial charge in [0.05, 0.1) is 16.3 Å². The third kappa shape index (κ3) is 3.50. The van der Waals surface area contributed by atoms with Gasteiger partial charge in [-0.1, -0.05) is 53.7 Å². The molecule has 0 unspecified atom stereocenters. The number of rotatable bonds is 5. The molecule has 0 aliphatic carbocycles. The summed E-state index contributed by atoms with van der Waals surface area (Å²) in [5.41, 5.74) is 2.19. The van der Waals surface area contributed by atoms with Gasteiger partial charge in [-0.2, -0.15) is 0 Å². The third-order valence-electron chi connectivity index (χ3n) is 5.02. The van der Waals surface area contributed by atoms with Crippen LogP contribution in [0.25, 0.3) is 16.5 Å². The fraction of sp³-hybridized carbons (Fsp3) is 0.136. The first-order valence-electron chi connectivity index (χ1n) is 9.35. The lowest BCUT2D eigenvalue weighted by molar-refractivity contribution is -0.384. The number of hydrogen-bond donors (Lipinski definition) is 0. The summed E-state index contributed by atoms with van der Waals surface area (Å²) in [4.78, 5) is 25.2. The average molecular weight is 401 g/mol. The minimum Gasteiger partial charge on any atom is -0.336 e. The zero-order valence-electron chi connectivity index (χ0n) is 16.5. The van der Waals surface area contributed by atoms with Crippen LogP contribution in [0.15, 0.2) is 66.7 Å². The molecule has 0 aliphatic heterocycles. The van der Waals surface area contributed by atoms with E-state index in [1.165, 1.54) is 16.8 Å². The van der Waals surface area contributed by atoms with E-state index in [0.29, 0.717) is 17.9 Å². The lowest BCUT2D eigenvalue weighted by Crippen LogP contribution is -2.27. The molecule has 0 atom stereocenters. The van der Waals surface area contributed by atoms with Crippen LogP contribution in [0.4, 0.5) is 5.69 Å². The number of aromatic nitrogens is 3. The van der Waals surface area contributed by atoms with Gasteiger partial charge in [0, 0.05) is 25.7 Å². The molecule has 0 N–H and O–H groups in total. The maximum Gasteiger partial charge on any atom is 0.276 e. The van der Waals surface area contributed by atoms with Gasteiger partial charge in [0.25, 0.3) is 11.6 Å². The summed E-state index contributed by atoms with van der Waals surface area (Å²) in [5.74, 6) is -0.267. The van der Waals surface area contributed by atoms with E-state index in [1.54, 1.807) is 31.0 Å². The summed E-state index contributed by atoms with van der Waals surface area (Å²) in [6.45, 7) is 2.14. The van der Waals surface area contributed by atoms with E-state index in [1.807, 2.05) is 42.5 Å². The smallest absolute Gasteiger partial charge is 0.276 e. The zero-order valence-corrected chi connectivity index (χ0v) is 16.5. The topological polar surface area (TPSA) is 94.2 Å². The number of nitrogens with zero attached hydrogens (tertiary/aromatic N) is 5. The molecule has 150 valence electrons. The average Bonchev–Trinajstić information content (AvgIpc) is 3.14. The van der Waals surface area contributed by atoms with E-state index in [9.17, 15) is 14.9 Å². The predicted octanol–water partition coefficient (Wildman–Crippen LogP) is 3.91. The quantitative estimate of drug-likeness (QED) is 0.373. The number of carbonyl (C=O) groups is 1. The summed E-state index contributed by atoms with van der Waals surface area (Å²) in [7, 11) is 1.72. The van der Waals surface area contributed by atoms with Crippen LogP contribution in [0.2, 0.25) is 0 Å². The van der Waals surface area contributed by atoms with Crippen molar-refractivity contribution >= 4 is 22.4 Å². The number of benzene rings is 3. The van der Waals surface area contributed by atoms with Gasteiger partial charge >= 0.3 is 0 Å². The molecule has 0 fully saturated rings. The monoisotopic (exact) mass is 401 g/mol. The Morgan fingerprint density at radius 1 is 1.10 bits per heavy atom. The Balaban J connectivity index is 1.61. The standard InChI is InChI=1S/C22H19N5O3/c1-15-21(23-24-26(15)18-10-6-11-19(13-18)27(29)30)22(28)25(2)14-17-9-5-8-16-7-3-4-12-20(16)17/h3-13H,14H2,1-2H3. The van der Waals surface area contributed by atoms with Gasteiger partial charge in [-0.15, -0.1) is 5.10 Å². The lowest BCUT2D eigenvalue weighted by Gasteiger charge is -2.17. The van der Waals surface area contributed by atoms with Gasteiger partial charge in [-0.05, 0) is 29.3 Å². The first-order chi connectivity index (χ1) is 14.5. The second-order valence-electron chi connectivity index (χ2n) is 7.01. The van der Waals surface area contributed by atoms with Crippen LogP contribution in [-0.4, -0.2) is 37.8 Å². The van der Waals surface area contributed by atoms with Crippen LogP contribution >= 0.6 is 0 Å². The summed E-state index contributed by atoms with van der Waals surface area (Å²) < 4.78 is 1.44. The highest BCUT2D eigenvalue weighted by Crippen LogP contribution is 2.22. The summed E-state index contributed by atoms with van der Waals surface area (Å²) in [6, 6.07) is 20.1. The Kier molecular flexibility index (Phi) is 4.97. The Morgan fingerprint density at radius 2 is 1.83 bits per heavy atom. The number of fused-ring (bicyclic) bond motifs is 1. The highest BCUT2D eigenvalue weighted by molar-refractivity contribution is 5.93. The SMILES string of the molecule is Cc1c(C(=O)N(C)Cc2cccc3ccccc23)nnn1-c1cccc([N+](=O)[O-])c1. The van der Waals surface area contributed by atoms with Crippen molar-refractivity contribution < 1.29 is 9.72 Å². The Bertz CT molecular complexity index is 1260. The summed E-state index contributed by atoms with van der Waals surface area (Å²) >= 11 is 0. The van der Waals surface area contributed by atoms with Crippen molar-refractivity contribution in [1.82, 2.24) is 19.9 Å². The maximum atomic E-state index is 13.0. The number of nitro benzene ring substituents is 1. The van der Waals surface area contributed by atoms with E-state index < -0.39 is 4.92 Å². The van der Waals surface area contributed by atoms with Crippen LogP contribution in [0.5, 0.6) is 0 Å². The van der Waals surface area contributed by atoms with E-state index in [2.05, 4.69) is 10.3 Å². The number of carbonyl (C=O) groups excluding carboxylic acids is 1. The zero-order chi connectivity index (χ0) is 21.3. The molecular weight excluding hydrogens is 382 g/mol. The molecule has 4 rings (SSSR count). The molecule has 0 bridgehead atoms. The minimum atomic E-state index is -0.472. The van der Waals surface area contributed by atoms with E-state index in [-0.39, 0.29) is 17.3 Å². The van der Waals surface area contributed by atoms with Crippen molar-refractivity contribution in [2.75, 3.05) is 7.05 Å². The van der Waals surface area contributed by atoms with Crippen molar-refractivity contribution in [3.63, 3.8) is 0 Å². The van der Waals surface area contributed by atoms with Crippen molar-refractivity contribution in [2.45, 2.75) is 13.5 Å². The third-order valence-corrected chi connectivity index (χ3v) is 5.02. The van der Waals surface area contributed by atoms with Crippen LogP contribution in [-0.2, 0) is 6.54 Å². The van der Waals surface area contributed by atoms with Crippen molar-refractivity contribution in [1.29, 1.82) is 0 Å². The lowest BCUT2D eigenvalue weighted by atomic mass is 10.0. The van der Waals surface area contributed by atoms with E-state index in [4.69, 9.17) is 0 Å². The molecule has 0 saturated heterocycles. The summed E-state index contributed by atoms with van der Waals surface area (Å²) in [5, 5.41) is 21.3. The number of hydrogen-bond acceptors (Lipinski definition) is 5. The van der Waals surface area contributed by atoms with Crippen molar-refractivity contribution in [2.24, 2.45) is 0 Å². The Morgan fingerprint density at radius 3 is 2.63 bits per heavy atom. The number of nitro groups is 1. The Hall–Kier alpha value is -4.07. The predicted molar refractivity (Wildman–Crippen MR) is 112 cm³/mol. The number of amides is 1. The highest BCUT2D eigenvalue weighted by Gasteiger charge is 2.22. The molecule has 1 heterocycles. The van der Waals surface area contributed by atoms with Gasteiger partial charge in [0.15, 0.2) is 5.69 Å². The molecule has 0 saturated carbocycles. The molecule has 3 aromatic carbocycles. The molecular formula is C22H19N5O3. The van der Waals surface area contributed by atoms with E-state index in [0.717, 1.165) is 16.3 Å². The van der Waals surface area contributed by atoms with Gasteiger partial charge in [-0.25, -0.2) is 4.68 Å². The van der Waals surface area contributed by atoms with Gasteiger partial charge < -0.3 is 4.90 Å². The van der Waals surface area contributed by atoms with Crippen LogP contribution in [0.3, 0.4) is 0 Å². The Labute approximate surface area is 172 Å². The molecule has 8 heteroatoms. The molecule has 30 heavy (non-hydrogen) atoms. The fourth-order valence-electron chi connectivity index (χ4n) is 3.45. The van der Waals surface area contributed by atoms with Crippen LogP contribution < -0.4 is 0 Å². The molecule has 4 aromatic rings. The molecule has 0 aliphatic rings. The molecule has 1 aromatic heterocycles. The molecule has 0 radical (unpaired) electrons. The first kappa shape index (κ1) is 19.3. The van der Waals surface area contributed by atoms with Crippen molar-refractivity contribution in [3.8, 4) is 5.69 Å². The minimum absolute atomic E-state index is 0.0525.